The number of hydrogen-bond donors (Lipinski definition) is 2. The monoisotopic (exact) mass is 268 g/mol. The summed E-state index contributed by atoms with van der Waals surface area (Å²) in [5.74, 6) is 0.0155. The van der Waals surface area contributed by atoms with Crippen molar-refractivity contribution in [3.05, 3.63) is 34.9 Å². The van der Waals surface area contributed by atoms with Crippen molar-refractivity contribution in [1.29, 1.82) is 0 Å². The Kier molecular flexibility index (Phi) is 5.63. The molecule has 0 fully saturated rings. The lowest BCUT2D eigenvalue weighted by atomic mass is 9.83. The summed E-state index contributed by atoms with van der Waals surface area (Å²) < 4.78 is 0. The smallest absolute Gasteiger partial charge is 0.230 e. The lowest BCUT2D eigenvalue weighted by Gasteiger charge is -2.24. The molecule has 0 saturated carbocycles. The molecule has 0 aliphatic rings. The minimum absolute atomic E-state index is 0.0155. The largest absolute Gasteiger partial charge is 0.355 e. The molecule has 0 aliphatic heterocycles. The molecule has 1 aromatic carbocycles. The summed E-state index contributed by atoms with van der Waals surface area (Å²) in [5.41, 5.74) is 5.76. The molecule has 18 heavy (non-hydrogen) atoms. The molecule has 100 valence electrons. The van der Waals surface area contributed by atoms with Gasteiger partial charge in [0, 0.05) is 11.6 Å². The van der Waals surface area contributed by atoms with Gasteiger partial charge in [-0.3, -0.25) is 4.79 Å². The van der Waals surface area contributed by atoms with Crippen LogP contribution in [0.2, 0.25) is 5.02 Å². The Hall–Kier alpha value is -1.06. The Morgan fingerprint density at radius 3 is 2.72 bits per heavy atom. The molecule has 0 aromatic heterocycles. The molecular formula is C14H21ClN2O. The van der Waals surface area contributed by atoms with Gasteiger partial charge in [-0.2, -0.15) is 0 Å². The SMILES string of the molecule is CC(C)(C(=O)NCCCCN)c1cccc(Cl)c1. The molecule has 3 nitrogen and oxygen atoms in total. The van der Waals surface area contributed by atoms with Crippen molar-refractivity contribution < 1.29 is 4.79 Å². The quantitative estimate of drug-likeness (QED) is 0.779. The first-order valence-electron chi connectivity index (χ1n) is 6.23. The zero-order valence-electron chi connectivity index (χ0n) is 11.0. The van der Waals surface area contributed by atoms with Gasteiger partial charge in [0.25, 0.3) is 0 Å². The van der Waals surface area contributed by atoms with E-state index in [1.54, 1.807) is 6.07 Å². The molecule has 0 saturated heterocycles. The summed E-state index contributed by atoms with van der Waals surface area (Å²) in [4.78, 5) is 12.2. The van der Waals surface area contributed by atoms with Gasteiger partial charge in [0.1, 0.15) is 0 Å². The zero-order valence-corrected chi connectivity index (χ0v) is 11.8. The second-order valence-electron chi connectivity index (χ2n) is 4.89. The van der Waals surface area contributed by atoms with Gasteiger partial charge in [0.15, 0.2) is 0 Å². The van der Waals surface area contributed by atoms with Crippen molar-refractivity contribution in [2.75, 3.05) is 13.1 Å². The van der Waals surface area contributed by atoms with Gasteiger partial charge in [-0.05, 0) is 50.9 Å². The summed E-state index contributed by atoms with van der Waals surface area (Å²) in [6.07, 6.45) is 1.84. The van der Waals surface area contributed by atoms with Gasteiger partial charge in [-0.1, -0.05) is 23.7 Å². The second kappa shape index (κ2) is 6.76. The molecule has 0 aliphatic carbocycles. The van der Waals surface area contributed by atoms with E-state index in [0.717, 1.165) is 18.4 Å². The van der Waals surface area contributed by atoms with Crippen LogP contribution in [0, 0.1) is 0 Å². The van der Waals surface area contributed by atoms with Crippen molar-refractivity contribution in [1.82, 2.24) is 5.32 Å². The van der Waals surface area contributed by atoms with Crippen molar-refractivity contribution in [3.63, 3.8) is 0 Å². The summed E-state index contributed by atoms with van der Waals surface area (Å²) in [7, 11) is 0. The maximum absolute atomic E-state index is 12.2. The van der Waals surface area contributed by atoms with Crippen LogP contribution in [0.4, 0.5) is 0 Å². The van der Waals surface area contributed by atoms with Gasteiger partial charge >= 0.3 is 0 Å². The first-order valence-corrected chi connectivity index (χ1v) is 6.60. The third-order valence-corrected chi connectivity index (χ3v) is 3.27. The highest BCUT2D eigenvalue weighted by molar-refractivity contribution is 6.30. The zero-order chi connectivity index (χ0) is 13.6. The molecule has 1 rings (SSSR count). The fourth-order valence-electron chi connectivity index (χ4n) is 1.70. The van der Waals surface area contributed by atoms with Gasteiger partial charge in [-0.15, -0.1) is 0 Å². The van der Waals surface area contributed by atoms with E-state index in [2.05, 4.69) is 5.32 Å². The highest BCUT2D eigenvalue weighted by Gasteiger charge is 2.29. The van der Waals surface area contributed by atoms with E-state index in [4.69, 9.17) is 17.3 Å². The number of rotatable bonds is 6. The number of benzene rings is 1. The lowest BCUT2D eigenvalue weighted by molar-refractivity contribution is -0.125. The van der Waals surface area contributed by atoms with E-state index in [9.17, 15) is 4.79 Å². The third-order valence-electron chi connectivity index (χ3n) is 3.03. The fraction of sp³-hybridized carbons (Fsp3) is 0.500. The summed E-state index contributed by atoms with van der Waals surface area (Å²) in [6.45, 7) is 5.13. The predicted octanol–water partition coefficient (Wildman–Crippen LogP) is 2.47. The van der Waals surface area contributed by atoms with E-state index in [1.807, 2.05) is 32.0 Å². The summed E-state index contributed by atoms with van der Waals surface area (Å²) >= 11 is 5.96. The number of halogens is 1. The van der Waals surface area contributed by atoms with Crippen LogP contribution in [0.15, 0.2) is 24.3 Å². The van der Waals surface area contributed by atoms with E-state index >= 15 is 0 Å². The van der Waals surface area contributed by atoms with Crippen LogP contribution >= 0.6 is 11.6 Å². The Balaban J connectivity index is 2.65. The van der Waals surface area contributed by atoms with Gasteiger partial charge < -0.3 is 11.1 Å². The molecule has 1 amide bonds. The Morgan fingerprint density at radius 1 is 1.39 bits per heavy atom. The fourth-order valence-corrected chi connectivity index (χ4v) is 1.89. The Labute approximate surface area is 114 Å². The van der Waals surface area contributed by atoms with E-state index in [1.165, 1.54) is 0 Å². The summed E-state index contributed by atoms with van der Waals surface area (Å²) in [6, 6.07) is 7.42. The average Bonchev–Trinajstić information content (AvgIpc) is 2.34. The second-order valence-corrected chi connectivity index (χ2v) is 5.32. The molecule has 4 heteroatoms. The van der Waals surface area contributed by atoms with Crippen molar-refractivity contribution in [3.8, 4) is 0 Å². The molecule has 1 aromatic rings. The maximum atomic E-state index is 12.2. The molecular weight excluding hydrogens is 248 g/mol. The molecule has 0 bridgehead atoms. The number of carbonyl (C=O) groups excluding carboxylic acids is 1. The molecule has 0 spiro atoms. The number of carbonyl (C=O) groups is 1. The molecule has 0 heterocycles. The van der Waals surface area contributed by atoms with Crippen LogP contribution in [0.1, 0.15) is 32.3 Å². The third kappa shape index (κ3) is 4.00. The summed E-state index contributed by atoms with van der Waals surface area (Å²) in [5, 5.41) is 3.59. The standard InChI is InChI=1S/C14H21ClN2O/c1-14(2,11-6-5-7-12(15)10-11)13(18)17-9-4-3-8-16/h5-7,10H,3-4,8-9,16H2,1-2H3,(H,17,18). The number of nitrogens with two attached hydrogens (primary N) is 1. The first kappa shape index (κ1) is 15.0. The highest BCUT2D eigenvalue weighted by atomic mass is 35.5. The van der Waals surface area contributed by atoms with Crippen molar-refractivity contribution in [2.24, 2.45) is 5.73 Å². The lowest BCUT2D eigenvalue weighted by Crippen LogP contribution is -2.40. The average molecular weight is 269 g/mol. The number of amides is 1. The van der Waals surface area contributed by atoms with E-state index < -0.39 is 5.41 Å². The van der Waals surface area contributed by atoms with Crippen LogP contribution in [-0.2, 0) is 10.2 Å². The topological polar surface area (TPSA) is 55.1 Å². The Morgan fingerprint density at radius 2 is 2.11 bits per heavy atom. The maximum Gasteiger partial charge on any atom is 0.230 e. The minimum atomic E-state index is -0.576. The predicted molar refractivity (Wildman–Crippen MR) is 75.8 cm³/mol. The molecule has 0 unspecified atom stereocenters. The molecule has 0 radical (unpaired) electrons. The normalized spacial score (nSPS) is 11.3. The highest BCUT2D eigenvalue weighted by Crippen LogP contribution is 2.25. The van der Waals surface area contributed by atoms with Crippen LogP contribution in [0.5, 0.6) is 0 Å². The minimum Gasteiger partial charge on any atom is -0.355 e. The van der Waals surface area contributed by atoms with Crippen LogP contribution in [0.25, 0.3) is 0 Å². The number of unbranched alkanes of at least 4 members (excludes halogenated alkanes) is 1. The van der Waals surface area contributed by atoms with Crippen molar-refractivity contribution >= 4 is 17.5 Å². The van der Waals surface area contributed by atoms with Crippen LogP contribution in [0.3, 0.4) is 0 Å². The van der Waals surface area contributed by atoms with Crippen LogP contribution < -0.4 is 11.1 Å². The van der Waals surface area contributed by atoms with E-state index in [0.29, 0.717) is 18.1 Å². The van der Waals surface area contributed by atoms with Gasteiger partial charge in [0.2, 0.25) is 5.91 Å². The first-order chi connectivity index (χ1) is 8.48. The van der Waals surface area contributed by atoms with Crippen LogP contribution in [-0.4, -0.2) is 19.0 Å². The number of nitrogens with one attached hydrogen (secondary N) is 1. The molecule has 0 atom stereocenters. The van der Waals surface area contributed by atoms with Gasteiger partial charge in [0.05, 0.1) is 5.41 Å². The molecule has 3 N–H and O–H groups in total. The van der Waals surface area contributed by atoms with Gasteiger partial charge in [-0.25, -0.2) is 0 Å². The van der Waals surface area contributed by atoms with E-state index in [-0.39, 0.29) is 5.91 Å². The number of hydrogen-bond acceptors (Lipinski definition) is 2. The Bertz CT molecular complexity index is 405. The van der Waals surface area contributed by atoms with Crippen molar-refractivity contribution in [2.45, 2.75) is 32.1 Å².